The van der Waals surface area contributed by atoms with Gasteiger partial charge in [-0.05, 0) is 50.2 Å². The minimum atomic E-state index is -3.58. The first-order valence-electron chi connectivity index (χ1n) is 9.72. The van der Waals surface area contributed by atoms with E-state index < -0.39 is 22.6 Å². The van der Waals surface area contributed by atoms with Gasteiger partial charge in [-0.15, -0.1) is 0 Å². The number of hydrogen-bond donors (Lipinski definition) is 1. The second kappa shape index (κ2) is 9.36. The molecule has 1 heterocycles. The van der Waals surface area contributed by atoms with Crippen LogP contribution in [0.25, 0.3) is 0 Å². The van der Waals surface area contributed by atoms with E-state index in [9.17, 15) is 13.2 Å². The summed E-state index contributed by atoms with van der Waals surface area (Å²) >= 11 is 0. The van der Waals surface area contributed by atoms with Crippen molar-refractivity contribution in [1.82, 2.24) is 4.31 Å². The maximum absolute atomic E-state index is 13.0. The zero-order valence-electron chi connectivity index (χ0n) is 17.0. The fraction of sp³-hybridized carbons (Fsp3) is 0.381. The first kappa shape index (κ1) is 21.9. The van der Waals surface area contributed by atoms with Crippen LogP contribution in [-0.4, -0.2) is 62.7 Å². The number of rotatable bonds is 8. The van der Waals surface area contributed by atoms with Crippen LogP contribution in [0.5, 0.6) is 11.5 Å². The van der Waals surface area contributed by atoms with Gasteiger partial charge in [0.15, 0.2) is 6.61 Å². The van der Waals surface area contributed by atoms with E-state index in [4.69, 9.17) is 14.6 Å². The summed E-state index contributed by atoms with van der Waals surface area (Å²) in [5.41, 5.74) is 0.866. The molecule has 3 rings (SSSR count). The summed E-state index contributed by atoms with van der Waals surface area (Å²) in [6.45, 7) is 5.18. The molecule has 0 atom stereocenters. The lowest BCUT2D eigenvalue weighted by molar-refractivity contribution is -0.139. The van der Waals surface area contributed by atoms with Crippen molar-refractivity contribution in [1.29, 1.82) is 0 Å². The summed E-state index contributed by atoms with van der Waals surface area (Å²) < 4.78 is 38.2. The zero-order chi connectivity index (χ0) is 21.7. The smallest absolute Gasteiger partial charge is 0.341 e. The van der Waals surface area contributed by atoms with Gasteiger partial charge < -0.3 is 19.5 Å². The molecule has 8 nitrogen and oxygen atoms in total. The molecule has 1 saturated heterocycles. The van der Waals surface area contributed by atoms with Crippen molar-refractivity contribution in [3.05, 3.63) is 48.5 Å². The fourth-order valence-electron chi connectivity index (χ4n) is 3.21. The lowest BCUT2D eigenvalue weighted by atomic mass is 10.2. The van der Waals surface area contributed by atoms with E-state index in [1.54, 1.807) is 42.5 Å². The Morgan fingerprint density at radius 1 is 1.03 bits per heavy atom. The first-order valence-corrected chi connectivity index (χ1v) is 11.2. The number of aliphatic carboxylic acids is 1. The highest BCUT2D eigenvalue weighted by atomic mass is 32.2. The monoisotopic (exact) mass is 434 g/mol. The van der Waals surface area contributed by atoms with Crippen LogP contribution in [0.3, 0.4) is 0 Å². The van der Waals surface area contributed by atoms with Gasteiger partial charge >= 0.3 is 5.97 Å². The molecular weight excluding hydrogens is 408 g/mol. The summed E-state index contributed by atoms with van der Waals surface area (Å²) in [6, 6.07) is 13.6. The average molecular weight is 435 g/mol. The van der Waals surface area contributed by atoms with Crippen LogP contribution in [-0.2, 0) is 14.8 Å². The number of ether oxygens (including phenoxy) is 2. The molecule has 2 aromatic carbocycles. The SMILES string of the molecule is CC(C)Oc1ccc(S(=O)(=O)N2CCN(c3cccc(OCC(=O)O)c3)CC2)cc1. The predicted octanol–water partition coefficient (Wildman–Crippen LogP) is 2.45. The highest BCUT2D eigenvalue weighted by molar-refractivity contribution is 7.89. The Balaban J connectivity index is 1.63. The van der Waals surface area contributed by atoms with Crippen LogP contribution in [0.15, 0.2) is 53.4 Å². The number of carbonyl (C=O) groups is 1. The normalized spacial score (nSPS) is 15.2. The number of sulfonamides is 1. The number of carboxylic acids is 1. The first-order chi connectivity index (χ1) is 14.3. The van der Waals surface area contributed by atoms with Gasteiger partial charge in [0.05, 0.1) is 11.0 Å². The molecule has 0 aliphatic carbocycles. The maximum atomic E-state index is 13.0. The van der Waals surface area contributed by atoms with Gasteiger partial charge in [-0.3, -0.25) is 0 Å². The van der Waals surface area contributed by atoms with Gasteiger partial charge in [-0.1, -0.05) is 6.07 Å². The Labute approximate surface area is 176 Å². The summed E-state index contributed by atoms with van der Waals surface area (Å²) in [5.74, 6) is 0.0652. The van der Waals surface area contributed by atoms with Crippen molar-refractivity contribution in [2.45, 2.75) is 24.8 Å². The molecule has 1 aliphatic heterocycles. The zero-order valence-corrected chi connectivity index (χ0v) is 17.8. The number of hydrogen-bond acceptors (Lipinski definition) is 6. The number of anilines is 1. The minimum Gasteiger partial charge on any atom is -0.491 e. The third kappa shape index (κ3) is 5.43. The van der Waals surface area contributed by atoms with Crippen molar-refractivity contribution in [3.8, 4) is 11.5 Å². The van der Waals surface area contributed by atoms with Crippen molar-refractivity contribution in [2.75, 3.05) is 37.7 Å². The van der Waals surface area contributed by atoms with Crippen LogP contribution < -0.4 is 14.4 Å². The second-order valence-electron chi connectivity index (χ2n) is 7.21. The molecule has 162 valence electrons. The summed E-state index contributed by atoms with van der Waals surface area (Å²) in [6.07, 6.45) is 0.0218. The van der Waals surface area contributed by atoms with Crippen LogP contribution in [0.2, 0.25) is 0 Å². The van der Waals surface area contributed by atoms with E-state index in [-0.39, 0.29) is 11.0 Å². The molecule has 1 N–H and O–H groups in total. The quantitative estimate of drug-likeness (QED) is 0.682. The summed E-state index contributed by atoms with van der Waals surface area (Å²) in [7, 11) is -3.58. The Kier molecular flexibility index (Phi) is 6.84. The van der Waals surface area contributed by atoms with Crippen LogP contribution in [0.4, 0.5) is 5.69 Å². The highest BCUT2D eigenvalue weighted by Gasteiger charge is 2.28. The van der Waals surface area contributed by atoms with Crippen molar-refractivity contribution < 1.29 is 27.8 Å². The summed E-state index contributed by atoms with van der Waals surface area (Å²) in [4.78, 5) is 13.0. The Hall–Kier alpha value is -2.78. The van der Waals surface area contributed by atoms with Gasteiger partial charge in [0.25, 0.3) is 0 Å². The van der Waals surface area contributed by atoms with Crippen LogP contribution in [0.1, 0.15) is 13.8 Å². The molecular formula is C21H26N2O6S. The number of carboxylic acid groups (broad SMARTS) is 1. The van der Waals surface area contributed by atoms with Crippen molar-refractivity contribution >= 4 is 21.7 Å². The average Bonchev–Trinajstić information content (AvgIpc) is 2.72. The van der Waals surface area contributed by atoms with E-state index in [0.717, 1.165) is 5.69 Å². The Bertz CT molecular complexity index is 967. The van der Waals surface area contributed by atoms with Gasteiger partial charge in [0, 0.05) is 37.9 Å². The van der Waals surface area contributed by atoms with Crippen LogP contribution >= 0.6 is 0 Å². The van der Waals surface area contributed by atoms with E-state index in [1.165, 1.54) is 4.31 Å². The van der Waals surface area contributed by atoms with E-state index >= 15 is 0 Å². The second-order valence-corrected chi connectivity index (χ2v) is 9.15. The third-order valence-corrected chi connectivity index (χ3v) is 6.53. The van der Waals surface area contributed by atoms with E-state index in [2.05, 4.69) is 4.90 Å². The Morgan fingerprint density at radius 3 is 2.30 bits per heavy atom. The molecule has 30 heavy (non-hydrogen) atoms. The lowest BCUT2D eigenvalue weighted by Gasteiger charge is -2.35. The minimum absolute atomic E-state index is 0.0218. The topological polar surface area (TPSA) is 96.4 Å². The standard InChI is InChI=1S/C21H26N2O6S/c1-16(2)29-18-6-8-20(9-7-18)30(26,27)23-12-10-22(11-13-23)17-4-3-5-19(14-17)28-15-21(24)25/h3-9,14,16H,10-13,15H2,1-2H3,(H,24,25). The van der Waals surface area contributed by atoms with Crippen molar-refractivity contribution in [2.24, 2.45) is 0 Å². The number of nitrogens with zero attached hydrogens (tertiary/aromatic N) is 2. The summed E-state index contributed by atoms with van der Waals surface area (Å²) in [5, 5.41) is 8.74. The van der Waals surface area contributed by atoms with Gasteiger partial charge in [0.2, 0.25) is 10.0 Å². The fourth-order valence-corrected chi connectivity index (χ4v) is 4.64. The number of piperazine rings is 1. The molecule has 0 unspecified atom stereocenters. The predicted molar refractivity (Wildman–Crippen MR) is 113 cm³/mol. The van der Waals surface area contributed by atoms with E-state index in [0.29, 0.717) is 37.7 Å². The van der Waals surface area contributed by atoms with Crippen LogP contribution in [0, 0.1) is 0 Å². The Morgan fingerprint density at radius 2 is 1.70 bits per heavy atom. The third-order valence-electron chi connectivity index (χ3n) is 4.62. The molecule has 1 fully saturated rings. The maximum Gasteiger partial charge on any atom is 0.341 e. The molecule has 1 aliphatic rings. The molecule has 2 aromatic rings. The molecule has 0 saturated carbocycles. The molecule has 0 radical (unpaired) electrons. The molecule has 0 bridgehead atoms. The molecule has 9 heteroatoms. The molecule has 0 aromatic heterocycles. The largest absolute Gasteiger partial charge is 0.491 e. The molecule has 0 spiro atoms. The van der Waals surface area contributed by atoms with Gasteiger partial charge in [-0.25, -0.2) is 13.2 Å². The van der Waals surface area contributed by atoms with E-state index in [1.807, 2.05) is 19.9 Å². The number of benzene rings is 2. The van der Waals surface area contributed by atoms with Gasteiger partial charge in [-0.2, -0.15) is 4.31 Å². The van der Waals surface area contributed by atoms with Crippen molar-refractivity contribution in [3.63, 3.8) is 0 Å². The van der Waals surface area contributed by atoms with Gasteiger partial charge in [0.1, 0.15) is 11.5 Å². The highest BCUT2D eigenvalue weighted by Crippen LogP contribution is 2.25. The molecule has 0 amide bonds. The lowest BCUT2D eigenvalue weighted by Crippen LogP contribution is -2.48.